The highest BCUT2D eigenvalue weighted by molar-refractivity contribution is 7.82. The fraction of sp³-hybridized carbons (Fsp3) is 0.441. The molecular formula is C34H38F3N9O3S. The number of likely N-dealkylation sites (tertiary alicyclic amines) is 1. The van der Waals surface area contributed by atoms with Crippen molar-refractivity contribution in [1.29, 1.82) is 0 Å². The number of hydrogen-bond acceptors (Lipinski definition) is 8. The summed E-state index contributed by atoms with van der Waals surface area (Å²) in [4.78, 5) is 36.4. The molecule has 4 aromatic rings. The van der Waals surface area contributed by atoms with Crippen LogP contribution < -0.4 is 15.5 Å². The van der Waals surface area contributed by atoms with Crippen LogP contribution in [0, 0.1) is 0 Å². The number of hydrogen-bond donors (Lipinski definition) is 2. The fourth-order valence-corrected chi connectivity index (χ4v) is 8.24. The lowest BCUT2D eigenvalue weighted by atomic mass is 9.89. The molecule has 3 fully saturated rings. The van der Waals surface area contributed by atoms with Gasteiger partial charge in [-0.2, -0.15) is 18.3 Å². The van der Waals surface area contributed by atoms with Gasteiger partial charge in [0.1, 0.15) is 11.0 Å². The second-order valence-corrected chi connectivity index (χ2v) is 14.6. The standard InChI is InChI=1S/C34H38F3N9O3S/c1-43-29-18-24(5-6-28(29)31(42-43)46-16-11-30(47)41-33(46)48)23-7-12-44(13-8-23)21-22-3-2-4-27(17-22)50(49)45-14-9-26(10-15-45)40-32-38-19-25(20-39-32)34(35,36)37/h2-6,17-20,23,26H,7-16,21H2,1H3,(H,38,39,40)(H,41,47,48). The molecule has 264 valence electrons. The lowest BCUT2D eigenvalue weighted by molar-refractivity contribution is -0.138. The largest absolute Gasteiger partial charge is 0.419 e. The number of imide groups is 1. The van der Waals surface area contributed by atoms with E-state index in [2.05, 4.69) is 48.8 Å². The highest BCUT2D eigenvalue weighted by Crippen LogP contribution is 2.34. The summed E-state index contributed by atoms with van der Waals surface area (Å²) in [5, 5.41) is 11.0. The number of halogens is 3. The topological polar surface area (TPSA) is 129 Å². The van der Waals surface area contributed by atoms with E-state index in [9.17, 15) is 27.0 Å². The number of aryl methyl sites for hydroxylation is 1. The van der Waals surface area contributed by atoms with E-state index in [0.29, 0.717) is 44.2 Å². The first-order chi connectivity index (χ1) is 24.0. The van der Waals surface area contributed by atoms with Crippen LogP contribution >= 0.6 is 0 Å². The van der Waals surface area contributed by atoms with E-state index in [0.717, 1.165) is 66.2 Å². The monoisotopic (exact) mass is 709 g/mol. The number of fused-ring (bicyclic) bond motifs is 1. The summed E-state index contributed by atoms with van der Waals surface area (Å²) in [6.45, 7) is 4.07. The van der Waals surface area contributed by atoms with Crippen molar-refractivity contribution in [2.45, 2.75) is 61.7 Å². The Balaban J connectivity index is 0.909. The van der Waals surface area contributed by atoms with Gasteiger partial charge in [-0.05, 0) is 80.1 Å². The van der Waals surface area contributed by atoms with Crippen molar-refractivity contribution < 1.29 is 27.0 Å². The molecular weight excluding hydrogens is 671 g/mol. The van der Waals surface area contributed by atoms with Gasteiger partial charge in [0.15, 0.2) is 5.82 Å². The number of nitrogens with zero attached hydrogens (tertiary/aromatic N) is 7. The Hall–Kier alpha value is -4.41. The Labute approximate surface area is 289 Å². The van der Waals surface area contributed by atoms with Crippen LogP contribution in [0.25, 0.3) is 10.9 Å². The van der Waals surface area contributed by atoms with Gasteiger partial charge < -0.3 is 5.32 Å². The number of anilines is 2. The van der Waals surface area contributed by atoms with Crippen LogP contribution in [-0.4, -0.2) is 83.9 Å². The average Bonchev–Trinajstić information content (AvgIpc) is 3.43. The average molecular weight is 710 g/mol. The normalized spacial score (nSPS) is 19.6. The van der Waals surface area contributed by atoms with E-state index in [1.807, 2.05) is 35.6 Å². The van der Waals surface area contributed by atoms with Gasteiger partial charge in [0.2, 0.25) is 11.9 Å². The second-order valence-electron chi connectivity index (χ2n) is 13.1. The number of amides is 3. The highest BCUT2D eigenvalue weighted by Gasteiger charge is 2.32. The van der Waals surface area contributed by atoms with Crippen molar-refractivity contribution in [3.8, 4) is 0 Å². The number of carbonyl (C=O) groups is 2. The zero-order valence-corrected chi connectivity index (χ0v) is 28.3. The molecule has 1 unspecified atom stereocenters. The molecule has 3 saturated heterocycles. The number of alkyl halides is 3. The Morgan fingerprint density at radius 3 is 2.40 bits per heavy atom. The van der Waals surface area contributed by atoms with E-state index < -0.39 is 28.8 Å². The third-order valence-corrected chi connectivity index (χ3v) is 11.2. The van der Waals surface area contributed by atoms with Crippen LogP contribution in [0.2, 0.25) is 0 Å². The van der Waals surface area contributed by atoms with Gasteiger partial charge in [-0.25, -0.2) is 23.3 Å². The summed E-state index contributed by atoms with van der Waals surface area (Å²) < 4.78 is 55.6. The number of aromatic nitrogens is 4. The molecule has 1 atom stereocenters. The molecule has 50 heavy (non-hydrogen) atoms. The summed E-state index contributed by atoms with van der Waals surface area (Å²) in [5.41, 5.74) is 2.41. The summed E-state index contributed by atoms with van der Waals surface area (Å²) >= 11 is 0. The zero-order valence-electron chi connectivity index (χ0n) is 27.5. The molecule has 2 aromatic heterocycles. The van der Waals surface area contributed by atoms with Crippen molar-refractivity contribution in [2.24, 2.45) is 7.05 Å². The van der Waals surface area contributed by atoms with Crippen LogP contribution in [0.4, 0.5) is 29.7 Å². The Kier molecular flexibility index (Phi) is 9.59. The maximum atomic E-state index is 13.5. The number of piperidine rings is 2. The third-order valence-electron chi connectivity index (χ3n) is 9.73. The molecule has 3 amide bonds. The highest BCUT2D eigenvalue weighted by atomic mass is 32.2. The van der Waals surface area contributed by atoms with Gasteiger partial charge in [-0.1, -0.05) is 18.2 Å². The van der Waals surface area contributed by atoms with Crippen molar-refractivity contribution in [3.63, 3.8) is 0 Å². The molecule has 2 N–H and O–H groups in total. The minimum atomic E-state index is -4.48. The van der Waals surface area contributed by atoms with Gasteiger partial charge in [-0.3, -0.25) is 24.6 Å². The summed E-state index contributed by atoms with van der Waals surface area (Å²) in [6, 6.07) is 13.8. The molecule has 3 aliphatic rings. The molecule has 0 bridgehead atoms. The number of carbonyl (C=O) groups excluding carboxylic acids is 2. The summed E-state index contributed by atoms with van der Waals surface area (Å²) in [5.74, 6) is 0.837. The maximum Gasteiger partial charge on any atom is 0.419 e. The number of benzene rings is 2. The molecule has 0 aliphatic carbocycles. The van der Waals surface area contributed by atoms with Crippen molar-refractivity contribution in [3.05, 3.63) is 71.5 Å². The molecule has 12 nitrogen and oxygen atoms in total. The van der Waals surface area contributed by atoms with Gasteiger partial charge in [0.25, 0.3) is 0 Å². The Morgan fingerprint density at radius 2 is 1.70 bits per heavy atom. The van der Waals surface area contributed by atoms with Crippen molar-refractivity contribution >= 4 is 45.6 Å². The molecule has 5 heterocycles. The van der Waals surface area contributed by atoms with E-state index in [1.165, 1.54) is 10.5 Å². The number of urea groups is 1. The zero-order chi connectivity index (χ0) is 35.0. The van der Waals surface area contributed by atoms with E-state index in [-0.39, 0.29) is 24.3 Å². The maximum absolute atomic E-state index is 13.5. The van der Waals surface area contributed by atoms with Crippen LogP contribution in [0.1, 0.15) is 54.7 Å². The molecule has 3 aliphatic heterocycles. The first-order valence-corrected chi connectivity index (χ1v) is 17.8. The molecule has 0 spiro atoms. The van der Waals surface area contributed by atoms with Crippen molar-refractivity contribution in [2.75, 3.05) is 42.9 Å². The molecule has 0 saturated carbocycles. The number of rotatable bonds is 8. The van der Waals surface area contributed by atoms with Gasteiger partial charge in [0, 0.05) is 63.5 Å². The van der Waals surface area contributed by atoms with Crippen LogP contribution in [0.3, 0.4) is 0 Å². The molecule has 0 radical (unpaired) electrons. The van der Waals surface area contributed by atoms with Crippen LogP contribution in [-0.2, 0) is 35.5 Å². The Bertz CT molecular complexity index is 1900. The predicted octanol–water partition coefficient (Wildman–Crippen LogP) is 4.81. The quantitative estimate of drug-likeness (QED) is 0.267. The lowest BCUT2D eigenvalue weighted by Gasteiger charge is -2.33. The van der Waals surface area contributed by atoms with Gasteiger partial charge >= 0.3 is 12.2 Å². The smallest absolute Gasteiger partial charge is 0.351 e. The molecule has 7 rings (SSSR count). The second kappa shape index (κ2) is 14.1. The molecule has 16 heteroatoms. The van der Waals surface area contributed by atoms with E-state index in [1.54, 1.807) is 4.68 Å². The molecule has 2 aromatic carbocycles. The van der Waals surface area contributed by atoms with E-state index in [4.69, 9.17) is 0 Å². The Morgan fingerprint density at radius 1 is 0.960 bits per heavy atom. The number of nitrogens with one attached hydrogen (secondary N) is 2. The van der Waals surface area contributed by atoms with Crippen LogP contribution in [0.15, 0.2) is 59.8 Å². The first kappa shape index (κ1) is 34.1. The third kappa shape index (κ3) is 7.37. The minimum Gasteiger partial charge on any atom is -0.351 e. The first-order valence-electron chi connectivity index (χ1n) is 16.7. The predicted molar refractivity (Wildman–Crippen MR) is 182 cm³/mol. The minimum absolute atomic E-state index is 0.0198. The fourth-order valence-electron chi connectivity index (χ4n) is 6.96. The van der Waals surface area contributed by atoms with E-state index >= 15 is 0 Å². The van der Waals surface area contributed by atoms with Crippen LogP contribution in [0.5, 0.6) is 0 Å². The SMILES string of the molecule is Cn1nc(N2CCC(=O)NC2=O)c2ccc(C3CCN(Cc4cccc(S(=O)N5CCC(Nc6ncc(C(F)(F)F)cn6)CC5)c4)CC3)cc21. The summed E-state index contributed by atoms with van der Waals surface area (Å²) in [6.07, 6.45) is 0.646. The van der Waals surface area contributed by atoms with Crippen molar-refractivity contribution in [1.82, 2.24) is 34.3 Å². The van der Waals surface area contributed by atoms with Gasteiger partial charge in [-0.15, -0.1) is 0 Å². The summed E-state index contributed by atoms with van der Waals surface area (Å²) in [7, 11) is 0.543. The lowest BCUT2D eigenvalue weighted by Crippen LogP contribution is -2.49. The van der Waals surface area contributed by atoms with Gasteiger partial charge in [0.05, 0.1) is 16.0 Å².